The number of hydrogen-bond acceptors (Lipinski definition) is 3. The molecule has 0 amide bonds. The molecule has 1 atom stereocenters. The standard InChI is InChI=1S/C11H11ClN2O2/c1-14(7-11(15)16)10(6-13)8-2-4-9(12)5-3-8/h2-5,10H,7H2,1H3,(H,15,16). The van der Waals surface area contributed by atoms with Gasteiger partial charge in [0.05, 0.1) is 12.6 Å². The van der Waals surface area contributed by atoms with Gasteiger partial charge in [-0.2, -0.15) is 5.26 Å². The van der Waals surface area contributed by atoms with Crippen LogP contribution in [0.5, 0.6) is 0 Å². The number of carboxylic acids is 1. The van der Waals surface area contributed by atoms with Crippen LogP contribution in [-0.4, -0.2) is 29.6 Å². The second kappa shape index (κ2) is 5.50. The first-order valence-corrected chi connectivity index (χ1v) is 4.99. The van der Waals surface area contributed by atoms with Crippen LogP contribution in [0.2, 0.25) is 5.02 Å². The van der Waals surface area contributed by atoms with E-state index in [1.54, 1.807) is 31.3 Å². The Bertz CT molecular complexity index is 411. The molecule has 0 fully saturated rings. The minimum Gasteiger partial charge on any atom is -0.480 e. The first-order valence-electron chi connectivity index (χ1n) is 4.61. The van der Waals surface area contributed by atoms with E-state index >= 15 is 0 Å². The van der Waals surface area contributed by atoms with Crippen molar-refractivity contribution in [2.45, 2.75) is 6.04 Å². The summed E-state index contributed by atoms with van der Waals surface area (Å²) in [7, 11) is 1.59. The molecule has 1 N–H and O–H groups in total. The molecule has 16 heavy (non-hydrogen) atoms. The van der Waals surface area contributed by atoms with Gasteiger partial charge in [-0.1, -0.05) is 23.7 Å². The lowest BCUT2D eigenvalue weighted by molar-refractivity contribution is -0.138. The summed E-state index contributed by atoms with van der Waals surface area (Å²) in [6, 6.07) is 8.27. The zero-order chi connectivity index (χ0) is 12.1. The summed E-state index contributed by atoms with van der Waals surface area (Å²) in [5.74, 6) is -0.961. The highest BCUT2D eigenvalue weighted by molar-refractivity contribution is 6.30. The van der Waals surface area contributed by atoms with Crippen LogP contribution in [0.15, 0.2) is 24.3 Å². The highest BCUT2D eigenvalue weighted by Crippen LogP contribution is 2.20. The van der Waals surface area contributed by atoms with Gasteiger partial charge in [-0.05, 0) is 24.7 Å². The van der Waals surface area contributed by atoms with Gasteiger partial charge in [0.2, 0.25) is 0 Å². The monoisotopic (exact) mass is 238 g/mol. The van der Waals surface area contributed by atoms with E-state index in [1.165, 1.54) is 4.90 Å². The van der Waals surface area contributed by atoms with E-state index in [1.807, 2.05) is 0 Å². The zero-order valence-corrected chi connectivity index (χ0v) is 9.48. The molecule has 1 rings (SSSR count). The number of nitriles is 1. The van der Waals surface area contributed by atoms with Crippen molar-refractivity contribution in [1.29, 1.82) is 5.26 Å². The molecule has 1 unspecified atom stereocenters. The van der Waals surface area contributed by atoms with Crippen molar-refractivity contribution in [2.75, 3.05) is 13.6 Å². The zero-order valence-electron chi connectivity index (χ0n) is 8.72. The van der Waals surface area contributed by atoms with Crippen LogP contribution < -0.4 is 0 Å². The van der Waals surface area contributed by atoms with E-state index in [0.29, 0.717) is 5.02 Å². The van der Waals surface area contributed by atoms with Crippen molar-refractivity contribution in [3.63, 3.8) is 0 Å². The fourth-order valence-corrected chi connectivity index (χ4v) is 1.50. The van der Waals surface area contributed by atoms with Crippen LogP contribution in [0, 0.1) is 11.3 Å². The SMILES string of the molecule is CN(CC(=O)O)C(C#N)c1ccc(Cl)cc1. The molecule has 0 spiro atoms. The van der Waals surface area contributed by atoms with Crippen LogP contribution in [0.4, 0.5) is 0 Å². The van der Waals surface area contributed by atoms with Gasteiger partial charge in [-0.15, -0.1) is 0 Å². The molecule has 0 bridgehead atoms. The number of aliphatic carboxylic acids is 1. The summed E-state index contributed by atoms with van der Waals surface area (Å²) < 4.78 is 0. The highest BCUT2D eigenvalue weighted by Gasteiger charge is 2.18. The molecule has 0 saturated carbocycles. The first-order chi connectivity index (χ1) is 7.54. The summed E-state index contributed by atoms with van der Waals surface area (Å²) in [6.07, 6.45) is 0. The smallest absolute Gasteiger partial charge is 0.317 e. The second-order valence-electron chi connectivity index (χ2n) is 3.39. The van der Waals surface area contributed by atoms with Crippen molar-refractivity contribution in [2.24, 2.45) is 0 Å². The fourth-order valence-electron chi connectivity index (χ4n) is 1.38. The summed E-state index contributed by atoms with van der Waals surface area (Å²) in [5, 5.41) is 18.2. The van der Waals surface area contributed by atoms with E-state index in [2.05, 4.69) is 6.07 Å². The molecular formula is C11H11ClN2O2. The molecule has 0 heterocycles. The van der Waals surface area contributed by atoms with Gasteiger partial charge in [-0.25, -0.2) is 0 Å². The van der Waals surface area contributed by atoms with Gasteiger partial charge >= 0.3 is 5.97 Å². The number of hydrogen-bond donors (Lipinski definition) is 1. The minimum absolute atomic E-state index is 0.180. The summed E-state index contributed by atoms with van der Waals surface area (Å²) in [6.45, 7) is -0.180. The second-order valence-corrected chi connectivity index (χ2v) is 3.83. The van der Waals surface area contributed by atoms with E-state index in [-0.39, 0.29) is 6.54 Å². The van der Waals surface area contributed by atoms with E-state index < -0.39 is 12.0 Å². The average Bonchev–Trinajstić information content (AvgIpc) is 2.21. The van der Waals surface area contributed by atoms with Crippen molar-refractivity contribution in [3.8, 4) is 6.07 Å². The van der Waals surface area contributed by atoms with Crippen molar-refractivity contribution in [3.05, 3.63) is 34.9 Å². The quantitative estimate of drug-likeness (QED) is 0.871. The third kappa shape index (κ3) is 3.23. The van der Waals surface area contributed by atoms with Crippen molar-refractivity contribution >= 4 is 17.6 Å². The Kier molecular flexibility index (Phi) is 4.29. The molecule has 0 aliphatic heterocycles. The van der Waals surface area contributed by atoms with Crippen LogP contribution >= 0.6 is 11.6 Å². The third-order valence-electron chi connectivity index (χ3n) is 2.13. The Balaban J connectivity index is 2.86. The van der Waals surface area contributed by atoms with E-state index in [4.69, 9.17) is 22.0 Å². The normalized spacial score (nSPS) is 12.1. The predicted molar refractivity (Wildman–Crippen MR) is 60.1 cm³/mol. The molecule has 84 valence electrons. The maximum absolute atomic E-state index is 10.5. The molecule has 0 radical (unpaired) electrons. The molecule has 1 aromatic carbocycles. The molecule has 5 heteroatoms. The number of halogens is 1. The maximum atomic E-state index is 10.5. The maximum Gasteiger partial charge on any atom is 0.317 e. The summed E-state index contributed by atoms with van der Waals surface area (Å²) >= 11 is 5.73. The first kappa shape index (κ1) is 12.5. The summed E-state index contributed by atoms with van der Waals surface area (Å²) in [4.78, 5) is 12.0. The van der Waals surface area contributed by atoms with E-state index in [0.717, 1.165) is 5.56 Å². The van der Waals surface area contributed by atoms with Crippen molar-refractivity contribution in [1.82, 2.24) is 4.90 Å². The number of benzene rings is 1. The number of carbonyl (C=O) groups is 1. The Morgan fingerprint density at radius 3 is 2.56 bits per heavy atom. The Labute approximate surface area is 98.7 Å². The highest BCUT2D eigenvalue weighted by atomic mass is 35.5. The molecule has 0 aliphatic rings. The Hall–Kier alpha value is -1.57. The molecule has 0 aliphatic carbocycles. The third-order valence-corrected chi connectivity index (χ3v) is 2.39. The van der Waals surface area contributed by atoms with E-state index in [9.17, 15) is 4.79 Å². The van der Waals surface area contributed by atoms with Gasteiger partial charge in [0.1, 0.15) is 6.04 Å². The number of likely N-dealkylation sites (N-methyl/N-ethyl adjacent to an activating group) is 1. The molecular weight excluding hydrogens is 228 g/mol. The minimum atomic E-state index is -0.961. The molecule has 0 saturated heterocycles. The summed E-state index contributed by atoms with van der Waals surface area (Å²) in [5.41, 5.74) is 0.732. The fraction of sp³-hybridized carbons (Fsp3) is 0.273. The Morgan fingerprint density at radius 1 is 1.56 bits per heavy atom. The van der Waals surface area contributed by atoms with Crippen LogP contribution in [0.1, 0.15) is 11.6 Å². The van der Waals surface area contributed by atoms with Gasteiger partial charge in [0.25, 0.3) is 0 Å². The number of carboxylic acid groups (broad SMARTS) is 1. The van der Waals surface area contributed by atoms with Crippen molar-refractivity contribution < 1.29 is 9.90 Å². The van der Waals surface area contributed by atoms with Gasteiger partial charge < -0.3 is 5.11 Å². The lowest BCUT2D eigenvalue weighted by atomic mass is 10.1. The van der Waals surface area contributed by atoms with Gasteiger partial charge in [0.15, 0.2) is 0 Å². The van der Waals surface area contributed by atoms with Crippen LogP contribution in [-0.2, 0) is 4.79 Å². The lowest BCUT2D eigenvalue weighted by Gasteiger charge is -2.20. The van der Waals surface area contributed by atoms with Gasteiger partial charge in [0, 0.05) is 5.02 Å². The largest absolute Gasteiger partial charge is 0.480 e. The number of rotatable bonds is 4. The molecule has 1 aromatic rings. The van der Waals surface area contributed by atoms with Crippen LogP contribution in [0.3, 0.4) is 0 Å². The Morgan fingerprint density at radius 2 is 2.12 bits per heavy atom. The average molecular weight is 239 g/mol. The molecule has 4 nitrogen and oxygen atoms in total. The lowest BCUT2D eigenvalue weighted by Crippen LogP contribution is -2.29. The molecule has 0 aromatic heterocycles. The predicted octanol–water partition coefficient (Wildman–Crippen LogP) is 1.92. The topological polar surface area (TPSA) is 64.3 Å². The van der Waals surface area contributed by atoms with Gasteiger partial charge in [-0.3, -0.25) is 9.69 Å². The number of nitrogens with zero attached hydrogens (tertiary/aromatic N) is 2. The van der Waals surface area contributed by atoms with Crippen LogP contribution in [0.25, 0.3) is 0 Å².